The van der Waals surface area contributed by atoms with Gasteiger partial charge in [-0.2, -0.15) is 0 Å². The van der Waals surface area contributed by atoms with E-state index < -0.39 is 0 Å². The van der Waals surface area contributed by atoms with Crippen LogP contribution in [0.15, 0.2) is 126 Å². The van der Waals surface area contributed by atoms with Gasteiger partial charge in [-0.25, -0.2) is 0 Å². The van der Waals surface area contributed by atoms with Crippen LogP contribution in [0.2, 0.25) is 0 Å². The Labute approximate surface area is 186 Å². The van der Waals surface area contributed by atoms with Crippen molar-refractivity contribution in [1.82, 2.24) is 4.98 Å². The Balaban J connectivity index is 2.46. The highest BCUT2D eigenvalue weighted by atomic mass is 14.9. The maximum absolute atomic E-state index is 4.93. The Hall–Kier alpha value is -3.72. The van der Waals surface area contributed by atoms with E-state index in [1.165, 1.54) is 0 Å². The number of allylic oxidation sites excluding steroid dienone is 10. The van der Waals surface area contributed by atoms with E-state index in [1.54, 1.807) is 12.3 Å². The number of rotatable bonds is 9. The SMILES string of the molecule is C=C\C=C/C=C(C)/C(C)=N/C(C(=C)Nc1cccc2cnccc12)=C(C)/C=C\C=C/C. The third-order valence-corrected chi connectivity index (χ3v) is 4.72. The van der Waals surface area contributed by atoms with Gasteiger partial charge in [0.15, 0.2) is 0 Å². The molecule has 1 aromatic heterocycles. The number of anilines is 1. The lowest BCUT2D eigenvalue weighted by Crippen LogP contribution is -2.05. The van der Waals surface area contributed by atoms with Crippen molar-refractivity contribution in [2.24, 2.45) is 4.99 Å². The molecule has 0 radical (unpaired) electrons. The summed E-state index contributed by atoms with van der Waals surface area (Å²) in [6.07, 6.45) is 19.3. The van der Waals surface area contributed by atoms with Gasteiger partial charge in [0.2, 0.25) is 0 Å². The van der Waals surface area contributed by atoms with Crippen molar-refractivity contribution in [2.45, 2.75) is 27.7 Å². The number of aromatic nitrogens is 1. The van der Waals surface area contributed by atoms with Crippen LogP contribution in [-0.2, 0) is 0 Å². The van der Waals surface area contributed by atoms with E-state index in [2.05, 4.69) is 23.5 Å². The van der Waals surface area contributed by atoms with Crippen LogP contribution < -0.4 is 5.32 Å². The van der Waals surface area contributed by atoms with Crippen molar-refractivity contribution in [3.8, 4) is 0 Å². The molecule has 0 saturated carbocycles. The number of hydrogen-bond acceptors (Lipinski definition) is 3. The van der Waals surface area contributed by atoms with Crippen LogP contribution in [0.25, 0.3) is 10.8 Å². The maximum atomic E-state index is 4.93. The molecule has 0 aliphatic rings. The van der Waals surface area contributed by atoms with E-state index in [4.69, 9.17) is 4.99 Å². The minimum absolute atomic E-state index is 0.737. The second-order valence-corrected chi connectivity index (χ2v) is 7.09. The summed E-state index contributed by atoms with van der Waals surface area (Å²) in [4.78, 5) is 9.14. The van der Waals surface area contributed by atoms with E-state index in [1.807, 2.05) is 101 Å². The average molecular weight is 410 g/mol. The number of nitrogens with one attached hydrogen (secondary N) is 1. The van der Waals surface area contributed by atoms with Gasteiger partial charge in [0.1, 0.15) is 0 Å². The summed E-state index contributed by atoms with van der Waals surface area (Å²) in [5.74, 6) is 0. The van der Waals surface area contributed by atoms with Crippen LogP contribution in [0, 0.1) is 0 Å². The minimum Gasteiger partial charge on any atom is -0.354 e. The van der Waals surface area contributed by atoms with Crippen LogP contribution in [0.1, 0.15) is 27.7 Å². The van der Waals surface area contributed by atoms with Gasteiger partial charge in [0.05, 0.1) is 11.4 Å². The summed E-state index contributed by atoms with van der Waals surface area (Å²) in [6.45, 7) is 16.1. The first-order valence-corrected chi connectivity index (χ1v) is 10.3. The highest BCUT2D eigenvalue weighted by molar-refractivity contribution is 5.99. The molecule has 2 rings (SSSR count). The van der Waals surface area contributed by atoms with Crippen LogP contribution in [0.3, 0.4) is 0 Å². The van der Waals surface area contributed by atoms with Gasteiger partial charge in [-0.15, -0.1) is 0 Å². The Morgan fingerprint density at radius 1 is 1.06 bits per heavy atom. The van der Waals surface area contributed by atoms with Crippen LogP contribution in [0.5, 0.6) is 0 Å². The molecular weight excluding hydrogens is 378 g/mol. The topological polar surface area (TPSA) is 37.3 Å². The highest BCUT2D eigenvalue weighted by Crippen LogP contribution is 2.26. The maximum Gasteiger partial charge on any atom is 0.0890 e. The molecule has 0 atom stereocenters. The summed E-state index contributed by atoms with van der Waals surface area (Å²) in [5.41, 5.74) is 5.54. The number of benzene rings is 1. The molecule has 0 unspecified atom stereocenters. The third-order valence-electron chi connectivity index (χ3n) is 4.72. The molecule has 0 bridgehead atoms. The first kappa shape index (κ1) is 23.6. The normalized spacial score (nSPS) is 13.9. The molecule has 0 saturated heterocycles. The van der Waals surface area contributed by atoms with Crippen LogP contribution in [-0.4, -0.2) is 10.7 Å². The van der Waals surface area contributed by atoms with E-state index in [9.17, 15) is 0 Å². The molecule has 1 aromatic carbocycles. The largest absolute Gasteiger partial charge is 0.354 e. The quantitative estimate of drug-likeness (QED) is 0.340. The summed E-state index contributed by atoms with van der Waals surface area (Å²) >= 11 is 0. The Morgan fingerprint density at radius 2 is 1.87 bits per heavy atom. The smallest absolute Gasteiger partial charge is 0.0890 e. The fraction of sp³-hybridized carbons (Fsp3) is 0.143. The van der Waals surface area contributed by atoms with E-state index in [0.29, 0.717) is 0 Å². The van der Waals surface area contributed by atoms with E-state index in [0.717, 1.165) is 44.7 Å². The Morgan fingerprint density at radius 3 is 2.61 bits per heavy atom. The molecule has 0 aliphatic heterocycles. The zero-order chi connectivity index (χ0) is 22.6. The predicted molar refractivity (Wildman–Crippen MR) is 137 cm³/mol. The lowest BCUT2D eigenvalue weighted by atomic mass is 10.1. The zero-order valence-corrected chi connectivity index (χ0v) is 18.9. The van der Waals surface area contributed by atoms with Crippen molar-refractivity contribution < 1.29 is 0 Å². The molecule has 31 heavy (non-hydrogen) atoms. The van der Waals surface area contributed by atoms with Gasteiger partial charge in [-0.1, -0.05) is 73.9 Å². The van der Waals surface area contributed by atoms with Gasteiger partial charge in [-0.05, 0) is 51.0 Å². The number of hydrogen-bond donors (Lipinski definition) is 1. The van der Waals surface area contributed by atoms with Crippen LogP contribution >= 0.6 is 0 Å². The minimum atomic E-state index is 0.737. The molecule has 0 amide bonds. The highest BCUT2D eigenvalue weighted by Gasteiger charge is 2.09. The second-order valence-electron chi connectivity index (χ2n) is 7.09. The molecular formula is C28H31N3. The van der Waals surface area contributed by atoms with Crippen LogP contribution in [0.4, 0.5) is 5.69 Å². The number of nitrogens with zero attached hydrogens (tertiary/aromatic N) is 2. The summed E-state index contributed by atoms with van der Waals surface area (Å²) in [7, 11) is 0. The summed E-state index contributed by atoms with van der Waals surface area (Å²) < 4.78 is 0. The van der Waals surface area contributed by atoms with Gasteiger partial charge in [-0.3, -0.25) is 9.98 Å². The van der Waals surface area contributed by atoms with Gasteiger partial charge in [0.25, 0.3) is 0 Å². The first-order chi connectivity index (χ1) is 15.0. The summed E-state index contributed by atoms with van der Waals surface area (Å²) in [6, 6.07) is 8.10. The predicted octanol–water partition coefficient (Wildman–Crippen LogP) is 7.72. The lowest BCUT2D eigenvalue weighted by Gasteiger charge is -2.15. The molecule has 0 spiro atoms. The van der Waals surface area contributed by atoms with Crippen molar-refractivity contribution in [2.75, 3.05) is 5.32 Å². The summed E-state index contributed by atoms with van der Waals surface area (Å²) in [5, 5.41) is 5.63. The molecule has 0 fully saturated rings. The van der Waals surface area contributed by atoms with Gasteiger partial charge < -0.3 is 5.32 Å². The van der Waals surface area contributed by atoms with Gasteiger partial charge in [0, 0.05) is 34.6 Å². The van der Waals surface area contributed by atoms with E-state index in [-0.39, 0.29) is 0 Å². The van der Waals surface area contributed by atoms with Crippen molar-refractivity contribution in [3.05, 3.63) is 121 Å². The third kappa shape index (κ3) is 6.93. The molecule has 1 N–H and O–H groups in total. The lowest BCUT2D eigenvalue weighted by molar-refractivity contribution is 1.23. The standard InChI is InChI=1S/C28H31N3/c1-7-9-11-14-21(3)23(5)31-28(22(4)15-12-10-8-2)24(6)30-27-17-13-16-25-20-29-19-18-26(25)27/h7-20,30H,1,6H2,2-5H3/b10-8-,11-9-,15-12-,21-14+,28-22+,31-23+. The average Bonchev–Trinajstić information content (AvgIpc) is 2.77. The number of fused-ring (bicyclic) bond motifs is 1. The van der Waals surface area contributed by atoms with Gasteiger partial charge >= 0.3 is 0 Å². The van der Waals surface area contributed by atoms with Crippen molar-refractivity contribution >= 4 is 22.2 Å². The van der Waals surface area contributed by atoms with Crippen molar-refractivity contribution in [1.29, 1.82) is 0 Å². The Kier molecular flexibility index (Phi) is 9.18. The molecule has 1 heterocycles. The molecule has 3 heteroatoms. The van der Waals surface area contributed by atoms with E-state index >= 15 is 0 Å². The Bertz CT molecular complexity index is 1120. The van der Waals surface area contributed by atoms with Crippen molar-refractivity contribution in [3.63, 3.8) is 0 Å². The fourth-order valence-corrected chi connectivity index (χ4v) is 2.89. The first-order valence-electron chi connectivity index (χ1n) is 10.3. The second kappa shape index (κ2) is 12.1. The fourth-order valence-electron chi connectivity index (χ4n) is 2.89. The monoisotopic (exact) mass is 409 g/mol. The zero-order valence-electron chi connectivity index (χ0n) is 18.9. The molecule has 3 nitrogen and oxygen atoms in total. The molecule has 158 valence electrons. The molecule has 0 aliphatic carbocycles. The molecule has 2 aromatic rings. The number of pyridine rings is 1. The number of aliphatic imine (C=N–C) groups is 1.